The van der Waals surface area contributed by atoms with E-state index in [2.05, 4.69) is 10.1 Å². The van der Waals surface area contributed by atoms with Crippen molar-refractivity contribution in [1.82, 2.24) is 15.0 Å². The highest BCUT2D eigenvalue weighted by Crippen LogP contribution is 2.36. The average molecular weight is 393 g/mol. The van der Waals surface area contributed by atoms with Crippen LogP contribution in [0.4, 0.5) is 0 Å². The lowest BCUT2D eigenvalue weighted by atomic mass is 10.1. The quantitative estimate of drug-likeness (QED) is 0.658. The minimum absolute atomic E-state index is 0.0651. The fourth-order valence-corrected chi connectivity index (χ4v) is 3.68. The molecule has 0 bridgehead atoms. The maximum atomic E-state index is 12.5. The number of ether oxygens (including phenoxy) is 3. The van der Waals surface area contributed by atoms with E-state index in [1.54, 1.807) is 12.0 Å². The van der Waals surface area contributed by atoms with Crippen LogP contribution in [0.15, 0.2) is 47.0 Å². The minimum atomic E-state index is -0.108. The van der Waals surface area contributed by atoms with Crippen LogP contribution in [0.3, 0.4) is 0 Å². The van der Waals surface area contributed by atoms with E-state index in [1.807, 2.05) is 42.5 Å². The van der Waals surface area contributed by atoms with Crippen molar-refractivity contribution in [2.24, 2.45) is 0 Å². The molecule has 1 unspecified atom stereocenters. The highest BCUT2D eigenvalue weighted by atomic mass is 16.7. The van der Waals surface area contributed by atoms with Crippen molar-refractivity contribution in [3.8, 4) is 28.7 Å². The van der Waals surface area contributed by atoms with Gasteiger partial charge in [0.05, 0.1) is 7.11 Å². The van der Waals surface area contributed by atoms with Gasteiger partial charge >= 0.3 is 0 Å². The molecule has 8 heteroatoms. The van der Waals surface area contributed by atoms with Crippen LogP contribution in [-0.2, 0) is 11.3 Å². The number of carbonyl (C=O) groups is 1. The Balaban J connectivity index is 1.32. The molecule has 1 atom stereocenters. The molecule has 1 aromatic heterocycles. The molecule has 3 aromatic rings. The number of fused-ring (bicyclic) bond motifs is 1. The van der Waals surface area contributed by atoms with Crippen LogP contribution in [0.1, 0.15) is 23.7 Å². The summed E-state index contributed by atoms with van der Waals surface area (Å²) in [6.07, 6.45) is 0.356. The number of methoxy groups -OCH3 is 1. The first kappa shape index (κ1) is 17.5. The number of likely N-dealkylation sites (tertiary alicyclic amines) is 1. The normalized spacial score (nSPS) is 17.8. The van der Waals surface area contributed by atoms with Crippen molar-refractivity contribution in [3.63, 3.8) is 0 Å². The Hall–Kier alpha value is -3.55. The van der Waals surface area contributed by atoms with Gasteiger partial charge in [0.1, 0.15) is 5.75 Å². The highest BCUT2D eigenvalue weighted by Gasteiger charge is 2.34. The number of hydrogen-bond acceptors (Lipinski definition) is 7. The van der Waals surface area contributed by atoms with Crippen LogP contribution in [-0.4, -0.2) is 41.4 Å². The Morgan fingerprint density at radius 3 is 2.93 bits per heavy atom. The van der Waals surface area contributed by atoms with Crippen molar-refractivity contribution in [2.45, 2.75) is 18.9 Å². The molecule has 2 aromatic carbocycles. The van der Waals surface area contributed by atoms with E-state index in [-0.39, 0.29) is 18.6 Å². The van der Waals surface area contributed by atoms with Gasteiger partial charge < -0.3 is 23.6 Å². The van der Waals surface area contributed by atoms with Crippen molar-refractivity contribution < 1.29 is 23.5 Å². The first-order chi connectivity index (χ1) is 14.2. The SMILES string of the molecule is COc1ccccc1CN1CC(c2noc(-c3ccc4c(c3)OCO4)n2)CC1=O. The van der Waals surface area contributed by atoms with Crippen LogP contribution in [0, 0.1) is 0 Å². The smallest absolute Gasteiger partial charge is 0.258 e. The van der Waals surface area contributed by atoms with Gasteiger partial charge in [-0.3, -0.25) is 4.79 Å². The summed E-state index contributed by atoms with van der Waals surface area (Å²) >= 11 is 0. The van der Waals surface area contributed by atoms with Gasteiger partial charge in [0.25, 0.3) is 5.89 Å². The molecule has 5 rings (SSSR count). The molecule has 1 amide bonds. The molecule has 0 saturated carbocycles. The molecule has 0 N–H and O–H groups in total. The molecule has 0 radical (unpaired) electrons. The third kappa shape index (κ3) is 3.26. The number of hydrogen-bond donors (Lipinski definition) is 0. The second kappa shape index (κ2) is 7.12. The molecule has 3 heterocycles. The van der Waals surface area contributed by atoms with Crippen molar-refractivity contribution in [3.05, 3.63) is 53.9 Å². The van der Waals surface area contributed by atoms with Gasteiger partial charge in [-0.1, -0.05) is 23.4 Å². The van der Waals surface area contributed by atoms with Gasteiger partial charge in [0, 0.05) is 36.6 Å². The molecule has 0 spiro atoms. The predicted octanol–water partition coefficient (Wildman–Crippen LogP) is 2.99. The fraction of sp³-hybridized carbons (Fsp3) is 0.286. The van der Waals surface area contributed by atoms with Gasteiger partial charge in [0.15, 0.2) is 17.3 Å². The first-order valence-electron chi connectivity index (χ1n) is 9.34. The lowest BCUT2D eigenvalue weighted by Gasteiger charge is -2.17. The molecule has 0 aliphatic carbocycles. The van der Waals surface area contributed by atoms with Crippen molar-refractivity contribution in [2.75, 3.05) is 20.4 Å². The summed E-state index contributed by atoms with van der Waals surface area (Å²) in [5, 5.41) is 4.12. The number of rotatable bonds is 5. The number of benzene rings is 2. The molecule has 148 valence electrons. The fourth-order valence-electron chi connectivity index (χ4n) is 3.68. The minimum Gasteiger partial charge on any atom is -0.496 e. The van der Waals surface area contributed by atoms with Crippen LogP contribution in [0.2, 0.25) is 0 Å². The molecule has 1 saturated heterocycles. The predicted molar refractivity (Wildman–Crippen MR) is 102 cm³/mol. The summed E-state index contributed by atoms with van der Waals surface area (Å²) in [5.41, 5.74) is 1.72. The van der Waals surface area contributed by atoms with E-state index in [1.165, 1.54) is 0 Å². The van der Waals surface area contributed by atoms with Gasteiger partial charge in [-0.25, -0.2) is 0 Å². The second-order valence-corrected chi connectivity index (χ2v) is 7.01. The Morgan fingerprint density at radius 1 is 1.17 bits per heavy atom. The molecule has 2 aliphatic rings. The van der Waals surface area contributed by atoms with Crippen LogP contribution >= 0.6 is 0 Å². The van der Waals surface area contributed by atoms with Gasteiger partial charge in [-0.05, 0) is 24.3 Å². The zero-order valence-corrected chi connectivity index (χ0v) is 15.8. The topological polar surface area (TPSA) is 86.9 Å². The monoisotopic (exact) mass is 393 g/mol. The molecular formula is C21H19N3O5. The van der Waals surface area contributed by atoms with E-state index in [4.69, 9.17) is 18.7 Å². The van der Waals surface area contributed by atoms with Gasteiger partial charge in [-0.15, -0.1) is 0 Å². The third-order valence-electron chi connectivity index (χ3n) is 5.19. The number of para-hydroxylation sites is 1. The van der Waals surface area contributed by atoms with Gasteiger partial charge in [0.2, 0.25) is 12.7 Å². The lowest BCUT2D eigenvalue weighted by Crippen LogP contribution is -2.24. The zero-order chi connectivity index (χ0) is 19.8. The van der Waals surface area contributed by atoms with Crippen LogP contribution in [0.25, 0.3) is 11.5 Å². The number of carbonyl (C=O) groups excluding carboxylic acids is 1. The zero-order valence-electron chi connectivity index (χ0n) is 15.8. The Labute approximate surface area is 167 Å². The van der Waals surface area contributed by atoms with Crippen LogP contribution in [0.5, 0.6) is 17.2 Å². The van der Waals surface area contributed by atoms with E-state index in [9.17, 15) is 4.79 Å². The van der Waals surface area contributed by atoms with E-state index >= 15 is 0 Å². The van der Waals surface area contributed by atoms with Gasteiger partial charge in [-0.2, -0.15) is 4.98 Å². The molecular weight excluding hydrogens is 374 g/mol. The Kier molecular flexibility index (Phi) is 4.31. The number of nitrogens with zero attached hydrogens (tertiary/aromatic N) is 3. The third-order valence-corrected chi connectivity index (χ3v) is 5.19. The van der Waals surface area contributed by atoms with Crippen LogP contribution < -0.4 is 14.2 Å². The second-order valence-electron chi connectivity index (χ2n) is 7.01. The lowest BCUT2D eigenvalue weighted by molar-refractivity contribution is -0.128. The van der Waals surface area contributed by atoms with Crippen molar-refractivity contribution >= 4 is 5.91 Å². The molecule has 8 nitrogen and oxygen atoms in total. The summed E-state index contributed by atoms with van der Waals surface area (Å²) in [4.78, 5) is 18.9. The number of amides is 1. The Bertz CT molecular complexity index is 1060. The summed E-state index contributed by atoms with van der Waals surface area (Å²) in [6.45, 7) is 1.24. The maximum absolute atomic E-state index is 12.5. The summed E-state index contributed by atoms with van der Waals surface area (Å²) in [5.74, 6) is 3.01. The Morgan fingerprint density at radius 2 is 2.03 bits per heavy atom. The molecule has 1 fully saturated rings. The standard InChI is InChI=1S/C21H19N3O5/c1-26-16-5-3-2-4-14(16)10-24-11-15(9-19(24)25)20-22-21(29-23-20)13-6-7-17-18(8-13)28-12-27-17/h2-8,15H,9-12H2,1H3. The number of aromatic nitrogens is 2. The maximum Gasteiger partial charge on any atom is 0.258 e. The summed E-state index contributed by atoms with van der Waals surface area (Å²) in [7, 11) is 1.63. The first-order valence-corrected chi connectivity index (χ1v) is 9.34. The average Bonchev–Trinajstić information content (AvgIpc) is 3.48. The molecule has 2 aliphatic heterocycles. The van der Waals surface area contributed by atoms with E-state index in [0.717, 1.165) is 16.9 Å². The summed E-state index contributed by atoms with van der Waals surface area (Å²) < 4.78 is 21.6. The highest BCUT2D eigenvalue weighted by molar-refractivity contribution is 5.79. The summed E-state index contributed by atoms with van der Waals surface area (Å²) in [6, 6.07) is 13.2. The largest absolute Gasteiger partial charge is 0.496 e. The van der Waals surface area contributed by atoms with Crippen molar-refractivity contribution in [1.29, 1.82) is 0 Å². The molecule has 29 heavy (non-hydrogen) atoms. The van der Waals surface area contributed by atoms with E-state index < -0.39 is 0 Å². The van der Waals surface area contributed by atoms with E-state index in [0.29, 0.717) is 42.7 Å².